The first kappa shape index (κ1) is 23.3. The van der Waals surface area contributed by atoms with Crippen molar-refractivity contribution in [3.63, 3.8) is 0 Å². The van der Waals surface area contributed by atoms with E-state index in [1.807, 2.05) is 97.9 Å². The van der Waals surface area contributed by atoms with Crippen molar-refractivity contribution in [1.29, 1.82) is 0 Å². The molecule has 0 aliphatic rings. The van der Waals surface area contributed by atoms with Crippen molar-refractivity contribution in [2.24, 2.45) is 0 Å². The first-order valence-electron chi connectivity index (χ1n) is 11.7. The minimum absolute atomic E-state index is 0.163. The second-order valence-corrected chi connectivity index (χ2v) is 8.40. The fourth-order valence-electron chi connectivity index (χ4n) is 3.86. The van der Waals surface area contributed by atoms with Gasteiger partial charge in [-0.3, -0.25) is 4.79 Å². The Bertz CT molecular complexity index is 1490. The van der Waals surface area contributed by atoms with Gasteiger partial charge in [0, 0.05) is 23.9 Å². The van der Waals surface area contributed by atoms with Crippen molar-refractivity contribution in [3.8, 4) is 23.1 Å². The van der Waals surface area contributed by atoms with E-state index in [9.17, 15) is 4.79 Å². The zero-order chi connectivity index (χ0) is 24.9. The lowest BCUT2D eigenvalue weighted by atomic mass is 10.1. The minimum atomic E-state index is -0.163. The van der Waals surface area contributed by atoms with Crippen molar-refractivity contribution in [1.82, 2.24) is 14.8 Å². The molecule has 5 aromatic rings. The lowest BCUT2D eigenvalue weighted by molar-refractivity contribution is 0.102. The molecular weight excluding hydrogens is 452 g/mol. The highest BCUT2D eigenvalue weighted by atomic mass is 16.5. The van der Waals surface area contributed by atoms with Crippen molar-refractivity contribution < 1.29 is 14.3 Å². The molecule has 0 aliphatic heterocycles. The fourth-order valence-corrected chi connectivity index (χ4v) is 3.86. The van der Waals surface area contributed by atoms with Crippen LogP contribution < -0.4 is 10.1 Å². The molecule has 0 atom stereocenters. The molecule has 0 unspecified atom stereocenters. The van der Waals surface area contributed by atoms with Crippen LogP contribution in [0.4, 0.5) is 5.69 Å². The summed E-state index contributed by atoms with van der Waals surface area (Å²) >= 11 is 0. The van der Waals surface area contributed by atoms with Gasteiger partial charge in [-0.15, -0.1) is 5.10 Å². The number of benzene rings is 4. The van der Waals surface area contributed by atoms with Gasteiger partial charge < -0.3 is 14.8 Å². The Labute approximate surface area is 209 Å². The highest BCUT2D eigenvalue weighted by Crippen LogP contribution is 2.25. The maximum Gasteiger partial charge on any atom is 0.336 e. The molecule has 180 valence electrons. The van der Waals surface area contributed by atoms with Crippen LogP contribution in [-0.2, 0) is 4.74 Å². The van der Waals surface area contributed by atoms with E-state index in [-0.39, 0.29) is 11.9 Å². The SMILES string of the molecule is COCCOc1nc(-c2ccc(C)cc2)n(-c2ccc(NC(=O)c3ccc4ccccc4c3)cc2)n1. The van der Waals surface area contributed by atoms with Crippen molar-refractivity contribution in [3.05, 3.63) is 102 Å². The molecule has 7 nitrogen and oxygen atoms in total. The van der Waals surface area contributed by atoms with Crippen LogP contribution in [0.3, 0.4) is 0 Å². The number of fused-ring (bicyclic) bond motifs is 1. The van der Waals surface area contributed by atoms with Crippen LogP contribution in [-0.4, -0.2) is 41.0 Å². The van der Waals surface area contributed by atoms with Crippen LogP contribution in [0.15, 0.2) is 91.0 Å². The Morgan fingerprint density at radius 1 is 0.889 bits per heavy atom. The Hall–Kier alpha value is -4.49. The maximum absolute atomic E-state index is 12.8. The second kappa shape index (κ2) is 10.4. The molecule has 0 radical (unpaired) electrons. The second-order valence-electron chi connectivity index (χ2n) is 8.40. The molecule has 1 amide bonds. The topological polar surface area (TPSA) is 78.3 Å². The van der Waals surface area contributed by atoms with Crippen LogP contribution in [0.25, 0.3) is 27.8 Å². The number of aromatic nitrogens is 3. The van der Waals surface area contributed by atoms with Gasteiger partial charge in [-0.05, 0) is 54.1 Å². The van der Waals surface area contributed by atoms with E-state index in [0.717, 1.165) is 27.6 Å². The van der Waals surface area contributed by atoms with Gasteiger partial charge in [0.05, 0.1) is 12.3 Å². The van der Waals surface area contributed by atoms with Crippen LogP contribution in [0, 0.1) is 6.92 Å². The smallest absolute Gasteiger partial charge is 0.336 e. The van der Waals surface area contributed by atoms with Gasteiger partial charge in [0.2, 0.25) is 0 Å². The number of rotatable bonds is 8. The molecule has 0 spiro atoms. The number of carbonyl (C=O) groups excluding carboxylic acids is 1. The molecular formula is C29H26N4O3. The highest BCUT2D eigenvalue weighted by molar-refractivity contribution is 6.06. The summed E-state index contributed by atoms with van der Waals surface area (Å²) in [5, 5.41) is 9.65. The largest absolute Gasteiger partial charge is 0.460 e. The first-order chi connectivity index (χ1) is 17.6. The van der Waals surface area contributed by atoms with E-state index in [1.165, 1.54) is 0 Å². The van der Waals surface area contributed by atoms with E-state index in [0.29, 0.717) is 30.3 Å². The van der Waals surface area contributed by atoms with Crippen LogP contribution in [0.2, 0.25) is 0 Å². The number of carbonyl (C=O) groups is 1. The van der Waals surface area contributed by atoms with Gasteiger partial charge in [0.15, 0.2) is 5.82 Å². The van der Waals surface area contributed by atoms with Crippen LogP contribution in [0.1, 0.15) is 15.9 Å². The molecule has 1 heterocycles. The standard InChI is InChI=1S/C29H26N4O3/c1-20-7-9-22(10-8-20)27-31-29(36-18-17-35-2)32-33(27)26-15-13-25(14-16-26)30-28(34)24-12-11-21-5-3-4-6-23(21)19-24/h3-16,19H,17-18H2,1-2H3,(H,30,34). The van der Waals surface area contributed by atoms with Gasteiger partial charge >= 0.3 is 6.01 Å². The summed E-state index contributed by atoms with van der Waals surface area (Å²) in [6.45, 7) is 2.84. The predicted octanol–water partition coefficient (Wildman–Crippen LogP) is 5.67. The number of methoxy groups -OCH3 is 1. The van der Waals surface area contributed by atoms with Crippen LogP contribution >= 0.6 is 0 Å². The summed E-state index contributed by atoms with van der Waals surface area (Å²) in [6.07, 6.45) is 0. The molecule has 0 bridgehead atoms. The van der Waals surface area contributed by atoms with Crippen molar-refractivity contribution in [2.75, 3.05) is 25.6 Å². The Kier molecular flexibility index (Phi) is 6.73. The average Bonchev–Trinajstić information content (AvgIpc) is 3.33. The fraction of sp³-hybridized carbons (Fsp3) is 0.138. The number of nitrogens with one attached hydrogen (secondary N) is 1. The van der Waals surface area contributed by atoms with Crippen LogP contribution in [0.5, 0.6) is 6.01 Å². The van der Waals surface area contributed by atoms with E-state index >= 15 is 0 Å². The van der Waals surface area contributed by atoms with Gasteiger partial charge in [0.25, 0.3) is 5.91 Å². The Morgan fingerprint density at radius 3 is 2.39 bits per heavy atom. The van der Waals surface area contributed by atoms with E-state index in [2.05, 4.69) is 15.4 Å². The molecule has 4 aromatic carbocycles. The molecule has 36 heavy (non-hydrogen) atoms. The minimum Gasteiger partial charge on any atom is -0.460 e. The normalized spacial score (nSPS) is 10.9. The predicted molar refractivity (Wildman–Crippen MR) is 141 cm³/mol. The number of anilines is 1. The van der Waals surface area contributed by atoms with E-state index in [1.54, 1.807) is 11.8 Å². The summed E-state index contributed by atoms with van der Waals surface area (Å²) in [6, 6.07) is 29.5. The number of amides is 1. The summed E-state index contributed by atoms with van der Waals surface area (Å²) in [4.78, 5) is 17.4. The molecule has 5 rings (SSSR count). The van der Waals surface area contributed by atoms with Gasteiger partial charge in [-0.25, -0.2) is 4.68 Å². The lowest BCUT2D eigenvalue weighted by Crippen LogP contribution is -2.11. The molecule has 0 fully saturated rings. The van der Waals surface area contributed by atoms with Crippen molar-refractivity contribution in [2.45, 2.75) is 6.92 Å². The summed E-state index contributed by atoms with van der Waals surface area (Å²) in [5.41, 5.74) is 4.17. The zero-order valence-corrected chi connectivity index (χ0v) is 20.1. The molecule has 0 saturated heterocycles. The monoisotopic (exact) mass is 478 g/mol. The van der Waals surface area contributed by atoms with Crippen molar-refractivity contribution >= 4 is 22.4 Å². The Balaban J connectivity index is 1.38. The lowest BCUT2D eigenvalue weighted by Gasteiger charge is -2.09. The quantitative estimate of drug-likeness (QED) is 0.291. The zero-order valence-electron chi connectivity index (χ0n) is 20.1. The van der Waals surface area contributed by atoms with Gasteiger partial charge in [-0.2, -0.15) is 4.98 Å². The molecule has 0 aliphatic carbocycles. The summed E-state index contributed by atoms with van der Waals surface area (Å²) < 4.78 is 12.5. The summed E-state index contributed by atoms with van der Waals surface area (Å²) in [5.74, 6) is 0.499. The molecule has 1 N–H and O–H groups in total. The van der Waals surface area contributed by atoms with E-state index < -0.39 is 0 Å². The molecule has 1 aromatic heterocycles. The number of hydrogen-bond acceptors (Lipinski definition) is 5. The molecule has 7 heteroatoms. The number of nitrogens with zero attached hydrogens (tertiary/aromatic N) is 3. The summed E-state index contributed by atoms with van der Waals surface area (Å²) in [7, 11) is 1.62. The van der Waals surface area contributed by atoms with E-state index in [4.69, 9.17) is 9.47 Å². The molecule has 0 saturated carbocycles. The third-order valence-electron chi connectivity index (χ3n) is 5.80. The first-order valence-corrected chi connectivity index (χ1v) is 11.7. The highest BCUT2D eigenvalue weighted by Gasteiger charge is 2.15. The third kappa shape index (κ3) is 5.11. The number of ether oxygens (including phenoxy) is 2. The number of hydrogen-bond donors (Lipinski definition) is 1. The maximum atomic E-state index is 12.8. The van der Waals surface area contributed by atoms with Gasteiger partial charge in [0.1, 0.15) is 6.61 Å². The van der Waals surface area contributed by atoms with Gasteiger partial charge in [-0.1, -0.05) is 60.2 Å². The number of aryl methyl sites for hydroxylation is 1. The Morgan fingerprint density at radius 2 is 1.64 bits per heavy atom. The average molecular weight is 479 g/mol. The third-order valence-corrected chi connectivity index (χ3v) is 5.80.